The van der Waals surface area contributed by atoms with E-state index in [9.17, 15) is 0 Å². The SMILES string of the molecule is CCn1nc(C)c(Br)c1CC(N)c1ccc(SC)cc1. The van der Waals surface area contributed by atoms with Crippen LogP contribution in [0.1, 0.15) is 29.9 Å². The summed E-state index contributed by atoms with van der Waals surface area (Å²) in [6.07, 6.45) is 2.86. The van der Waals surface area contributed by atoms with Crippen LogP contribution in [0.3, 0.4) is 0 Å². The highest BCUT2D eigenvalue weighted by atomic mass is 79.9. The fraction of sp³-hybridized carbons (Fsp3) is 0.400. The van der Waals surface area contributed by atoms with Crippen LogP contribution >= 0.6 is 27.7 Å². The van der Waals surface area contributed by atoms with Crippen LogP contribution in [0.2, 0.25) is 0 Å². The van der Waals surface area contributed by atoms with Crippen molar-refractivity contribution < 1.29 is 0 Å². The summed E-state index contributed by atoms with van der Waals surface area (Å²) < 4.78 is 3.10. The molecular weight excluding hydrogens is 334 g/mol. The monoisotopic (exact) mass is 353 g/mol. The summed E-state index contributed by atoms with van der Waals surface area (Å²) in [5.74, 6) is 0. The number of rotatable bonds is 5. The first-order chi connectivity index (χ1) is 9.56. The zero-order valence-corrected chi connectivity index (χ0v) is 14.5. The van der Waals surface area contributed by atoms with E-state index in [1.54, 1.807) is 11.8 Å². The number of nitrogens with zero attached hydrogens (tertiary/aromatic N) is 2. The van der Waals surface area contributed by atoms with Crippen LogP contribution in [0, 0.1) is 6.92 Å². The molecule has 0 saturated carbocycles. The van der Waals surface area contributed by atoms with Gasteiger partial charge in [0.1, 0.15) is 0 Å². The van der Waals surface area contributed by atoms with Crippen molar-refractivity contribution in [1.29, 1.82) is 0 Å². The van der Waals surface area contributed by atoms with E-state index < -0.39 is 0 Å². The first-order valence-corrected chi connectivity index (χ1v) is 8.69. The van der Waals surface area contributed by atoms with Crippen molar-refractivity contribution >= 4 is 27.7 Å². The number of hydrogen-bond donors (Lipinski definition) is 1. The molecular formula is C15H20BrN3S. The van der Waals surface area contributed by atoms with Crippen molar-refractivity contribution in [2.24, 2.45) is 5.73 Å². The molecule has 3 nitrogen and oxygen atoms in total. The number of benzene rings is 1. The molecule has 0 spiro atoms. The van der Waals surface area contributed by atoms with Crippen molar-refractivity contribution in [2.75, 3.05) is 6.26 Å². The average molecular weight is 354 g/mol. The second kappa shape index (κ2) is 6.78. The largest absolute Gasteiger partial charge is 0.324 e. The van der Waals surface area contributed by atoms with Gasteiger partial charge in [-0.3, -0.25) is 4.68 Å². The lowest BCUT2D eigenvalue weighted by Crippen LogP contribution is -2.16. The maximum atomic E-state index is 6.35. The summed E-state index contributed by atoms with van der Waals surface area (Å²) in [5, 5.41) is 4.51. The van der Waals surface area contributed by atoms with Gasteiger partial charge in [0.2, 0.25) is 0 Å². The Morgan fingerprint density at radius 3 is 2.55 bits per heavy atom. The molecule has 5 heteroatoms. The fourth-order valence-corrected chi connectivity index (χ4v) is 3.10. The molecule has 2 aromatic rings. The van der Waals surface area contributed by atoms with Gasteiger partial charge in [0.25, 0.3) is 0 Å². The molecule has 0 bridgehead atoms. The zero-order valence-electron chi connectivity index (χ0n) is 12.1. The maximum Gasteiger partial charge on any atom is 0.0738 e. The Morgan fingerprint density at radius 2 is 2.00 bits per heavy atom. The summed E-state index contributed by atoms with van der Waals surface area (Å²) >= 11 is 5.37. The predicted molar refractivity (Wildman–Crippen MR) is 89.2 cm³/mol. The lowest BCUT2D eigenvalue weighted by Gasteiger charge is -2.14. The van der Waals surface area contributed by atoms with Crippen molar-refractivity contribution in [3.63, 3.8) is 0 Å². The normalized spacial score (nSPS) is 12.7. The van der Waals surface area contributed by atoms with Gasteiger partial charge in [-0.2, -0.15) is 5.10 Å². The Balaban J connectivity index is 2.20. The second-order valence-corrected chi connectivity index (χ2v) is 6.42. The van der Waals surface area contributed by atoms with Gasteiger partial charge >= 0.3 is 0 Å². The molecule has 2 rings (SSSR count). The molecule has 1 aromatic carbocycles. The Bertz CT molecular complexity index is 578. The molecule has 1 atom stereocenters. The Morgan fingerprint density at radius 1 is 1.35 bits per heavy atom. The van der Waals surface area contributed by atoms with E-state index in [0.29, 0.717) is 0 Å². The maximum absolute atomic E-state index is 6.35. The molecule has 0 aliphatic heterocycles. The van der Waals surface area contributed by atoms with Gasteiger partial charge in [0.15, 0.2) is 0 Å². The molecule has 0 aliphatic rings. The van der Waals surface area contributed by atoms with Crippen LogP contribution in [0.5, 0.6) is 0 Å². The van der Waals surface area contributed by atoms with Crippen LogP contribution in [0.15, 0.2) is 33.6 Å². The molecule has 2 N–H and O–H groups in total. The Hall–Kier alpha value is -0.780. The number of halogens is 1. The van der Waals surface area contributed by atoms with Crippen LogP contribution in [-0.4, -0.2) is 16.0 Å². The molecule has 20 heavy (non-hydrogen) atoms. The van der Waals surface area contributed by atoms with E-state index in [2.05, 4.69) is 58.5 Å². The van der Waals surface area contributed by atoms with Crippen molar-refractivity contribution in [2.45, 2.75) is 37.8 Å². The highest BCUT2D eigenvalue weighted by Crippen LogP contribution is 2.26. The third-order valence-electron chi connectivity index (χ3n) is 3.41. The standard InChI is InChI=1S/C15H20BrN3S/c1-4-19-14(15(16)10(2)18-19)9-13(17)11-5-7-12(20-3)8-6-11/h5-8,13H,4,9,17H2,1-3H3. The lowest BCUT2D eigenvalue weighted by atomic mass is 10.0. The number of nitrogens with two attached hydrogens (primary N) is 1. The fourth-order valence-electron chi connectivity index (χ4n) is 2.24. The van der Waals surface area contributed by atoms with Crippen molar-refractivity contribution in [1.82, 2.24) is 9.78 Å². The van der Waals surface area contributed by atoms with E-state index >= 15 is 0 Å². The molecule has 0 fully saturated rings. The third-order valence-corrected chi connectivity index (χ3v) is 5.19. The molecule has 108 valence electrons. The third kappa shape index (κ3) is 3.27. The van der Waals surface area contributed by atoms with Gasteiger partial charge in [-0.25, -0.2) is 0 Å². The van der Waals surface area contributed by atoms with Gasteiger partial charge < -0.3 is 5.73 Å². The molecule has 0 aliphatic carbocycles. The topological polar surface area (TPSA) is 43.8 Å². The minimum absolute atomic E-state index is 0.0105. The van der Waals surface area contributed by atoms with Crippen molar-refractivity contribution in [3.8, 4) is 0 Å². The summed E-state index contributed by atoms with van der Waals surface area (Å²) in [7, 11) is 0. The van der Waals surface area contributed by atoms with E-state index in [4.69, 9.17) is 5.73 Å². The highest BCUT2D eigenvalue weighted by Gasteiger charge is 2.16. The predicted octanol–water partition coefficient (Wildman–Crippen LogP) is 3.94. The number of aromatic nitrogens is 2. The first kappa shape index (κ1) is 15.6. The van der Waals surface area contributed by atoms with Crippen LogP contribution < -0.4 is 5.73 Å². The number of aryl methyl sites for hydroxylation is 2. The molecule has 1 aromatic heterocycles. The summed E-state index contributed by atoms with van der Waals surface area (Å²) in [6, 6.07) is 8.46. The van der Waals surface area contributed by atoms with Crippen LogP contribution in [-0.2, 0) is 13.0 Å². The van der Waals surface area contributed by atoms with Gasteiger partial charge in [0, 0.05) is 23.9 Å². The molecule has 0 radical (unpaired) electrons. The van der Waals surface area contributed by atoms with E-state index in [0.717, 1.165) is 28.7 Å². The smallest absolute Gasteiger partial charge is 0.0738 e. The summed E-state index contributed by atoms with van der Waals surface area (Å²) in [6.45, 7) is 4.97. The van der Waals surface area contributed by atoms with Gasteiger partial charge in [-0.15, -0.1) is 11.8 Å². The van der Waals surface area contributed by atoms with Crippen LogP contribution in [0.25, 0.3) is 0 Å². The molecule has 1 heterocycles. The molecule has 1 unspecified atom stereocenters. The second-order valence-electron chi connectivity index (χ2n) is 4.75. The quantitative estimate of drug-likeness (QED) is 0.828. The van der Waals surface area contributed by atoms with Gasteiger partial charge in [-0.05, 0) is 53.7 Å². The minimum atomic E-state index is -0.0105. The minimum Gasteiger partial charge on any atom is -0.324 e. The van der Waals surface area contributed by atoms with Crippen molar-refractivity contribution in [3.05, 3.63) is 45.7 Å². The molecule has 0 amide bonds. The van der Waals surface area contributed by atoms with E-state index in [1.807, 2.05) is 11.6 Å². The van der Waals surface area contributed by atoms with Gasteiger partial charge in [-0.1, -0.05) is 12.1 Å². The van der Waals surface area contributed by atoms with E-state index in [-0.39, 0.29) is 6.04 Å². The molecule has 0 saturated heterocycles. The number of hydrogen-bond acceptors (Lipinski definition) is 3. The summed E-state index contributed by atoms with van der Waals surface area (Å²) in [5.41, 5.74) is 9.71. The highest BCUT2D eigenvalue weighted by molar-refractivity contribution is 9.10. The Kier molecular flexibility index (Phi) is 5.29. The van der Waals surface area contributed by atoms with Crippen LogP contribution in [0.4, 0.5) is 0 Å². The average Bonchev–Trinajstić information content (AvgIpc) is 2.75. The van der Waals surface area contributed by atoms with Gasteiger partial charge in [0.05, 0.1) is 15.9 Å². The number of thioether (sulfide) groups is 1. The zero-order chi connectivity index (χ0) is 14.7. The first-order valence-electron chi connectivity index (χ1n) is 6.68. The van der Waals surface area contributed by atoms with E-state index in [1.165, 1.54) is 10.6 Å². The Labute approximate surface area is 133 Å². The summed E-state index contributed by atoms with van der Waals surface area (Å²) in [4.78, 5) is 1.26. The lowest BCUT2D eigenvalue weighted by molar-refractivity contribution is 0.586.